The fourth-order valence-electron chi connectivity index (χ4n) is 2.14. The summed E-state index contributed by atoms with van der Waals surface area (Å²) >= 11 is 14.2. The van der Waals surface area contributed by atoms with Gasteiger partial charge in [-0.3, -0.25) is 25.8 Å². The van der Waals surface area contributed by atoms with Crippen LogP contribution in [0.25, 0.3) is 0 Å². The summed E-state index contributed by atoms with van der Waals surface area (Å²) in [5.74, 6) is -0.0413. The molecule has 0 aliphatic carbocycles. The third-order valence-corrected chi connectivity index (χ3v) is 4.38. The summed E-state index contributed by atoms with van der Waals surface area (Å²) in [5, 5.41) is 2.96. The number of benzene rings is 2. The molecule has 0 spiro atoms. The molecule has 0 unspecified atom stereocenters. The lowest BCUT2D eigenvalue weighted by molar-refractivity contribution is -0.123. The van der Waals surface area contributed by atoms with E-state index in [4.69, 9.17) is 33.3 Å². The molecule has 148 valence electrons. The molecular weight excluding hydrogens is 470 g/mol. The number of hydrogen-bond donors (Lipinski definition) is 3. The Balaban J connectivity index is 1.82. The van der Waals surface area contributed by atoms with E-state index in [9.17, 15) is 9.59 Å². The second-order valence-corrected chi connectivity index (χ2v) is 7.26. The first-order chi connectivity index (χ1) is 13.3. The number of thiocarbonyl (C=S) groups is 1. The van der Waals surface area contributed by atoms with Gasteiger partial charge in [-0.1, -0.05) is 27.5 Å². The molecule has 0 aliphatic rings. The molecule has 2 aromatic rings. The van der Waals surface area contributed by atoms with Crippen LogP contribution in [-0.4, -0.2) is 30.6 Å². The van der Waals surface area contributed by atoms with Crippen LogP contribution in [0.5, 0.6) is 11.5 Å². The number of halogens is 2. The minimum absolute atomic E-state index is 0.0805. The van der Waals surface area contributed by atoms with Crippen LogP contribution in [0.4, 0.5) is 0 Å². The Hall–Kier alpha value is -2.36. The van der Waals surface area contributed by atoms with Crippen LogP contribution in [0, 0.1) is 6.92 Å². The normalized spacial score (nSPS) is 10.0. The molecule has 0 heterocycles. The summed E-state index contributed by atoms with van der Waals surface area (Å²) in [6, 6.07) is 10.1. The molecule has 0 saturated carbocycles. The number of nitrogens with one attached hydrogen (secondary N) is 3. The van der Waals surface area contributed by atoms with Gasteiger partial charge in [0.05, 0.1) is 12.7 Å². The number of aryl methyl sites for hydroxylation is 1. The average Bonchev–Trinajstić information content (AvgIpc) is 2.65. The standard InChI is InChI=1S/C18H17BrClN3O4S/c1-10-7-12(20)4-6-14(10)27-9-16(24)22-23-18(28)21-17(25)13-8-11(19)3-5-15(13)26-2/h3-8H,9H2,1-2H3,(H,22,24)(H2,21,23,25,28). The van der Waals surface area contributed by atoms with E-state index in [2.05, 4.69) is 32.1 Å². The highest BCUT2D eigenvalue weighted by Gasteiger charge is 2.14. The Bertz CT molecular complexity index is 910. The number of carbonyl (C=O) groups is 2. The third-order valence-electron chi connectivity index (χ3n) is 3.44. The zero-order valence-corrected chi connectivity index (χ0v) is 18.1. The van der Waals surface area contributed by atoms with Crippen LogP contribution in [-0.2, 0) is 4.79 Å². The lowest BCUT2D eigenvalue weighted by Crippen LogP contribution is -2.49. The van der Waals surface area contributed by atoms with Gasteiger partial charge in [-0.25, -0.2) is 0 Å². The highest BCUT2D eigenvalue weighted by molar-refractivity contribution is 9.10. The zero-order chi connectivity index (χ0) is 20.7. The monoisotopic (exact) mass is 485 g/mol. The largest absolute Gasteiger partial charge is 0.496 e. The number of carbonyl (C=O) groups excluding carboxylic acids is 2. The van der Waals surface area contributed by atoms with E-state index >= 15 is 0 Å². The van der Waals surface area contributed by atoms with E-state index in [-0.39, 0.29) is 17.3 Å². The topological polar surface area (TPSA) is 88.7 Å². The fourth-order valence-corrected chi connectivity index (χ4v) is 2.87. The highest BCUT2D eigenvalue weighted by atomic mass is 79.9. The fraction of sp³-hybridized carbons (Fsp3) is 0.167. The summed E-state index contributed by atoms with van der Waals surface area (Å²) in [6.45, 7) is 1.57. The molecule has 0 bridgehead atoms. The minimum Gasteiger partial charge on any atom is -0.496 e. The van der Waals surface area contributed by atoms with Crippen molar-refractivity contribution in [2.45, 2.75) is 6.92 Å². The molecular formula is C18H17BrClN3O4S. The van der Waals surface area contributed by atoms with Crippen LogP contribution >= 0.6 is 39.7 Å². The Labute approximate surface area is 180 Å². The molecule has 0 aromatic heterocycles. The molecule has 10 heteroatoms. The lowest BCUT2D eigenvalue weighted by Gasteiger charge is -2.13. The van der Waals surface area contributed by atoms with Gasteiger partial charge in [-0.2, -0.15) is 0 Å². The smallest absolute Gasteiger partial charge is 0.276 e. The Morgan fingerprint density at radius 3 is 2.54 bits per heavy atom. The van der Waals surface area contributed by atoms with Crippen molar-refractivity contribution < 1.29 is 19.1 Å². The Kier molecular flexibility index (Phi) is 8.04. The van der Waals surface area contributed by atoms with Gasteiger partial charge in [-0.15, -0.1) is 0 Å². The molecule has 0 saturated heterocycles. The highest BCUT2D eigenvalue weighted by Crippen LogP contribution is 2.23. The van der Waals surface area contributed by atoms with Crippen LogP contribution in [0.1, 0.15) is 15.9 Å². The van der Waals surface area contributed by atoms with E-state index in [1.165, 1.54) is 7.11 Å². The molecule has 2 rings (SSSR count). The molecule has 0 aliphatic heterocycles. The van der Waals surface area contributed by atoms with Gasteiger partial charge in [0.15, 0.2) is 11.7 Å². The lowest BCUT2D eigenvalue weighted by atomic mass is 10.2. The molecule has 0 radical (unpaired) electrons. The zero-order valence-electron chi connectivity index (χ0n) is 15.0. The van der Waals surface area contributed by atoms with Crippen LogP contribution in [0.15, 0.2) is 40.9 Å². The Morgan fingerprint density at radius 1 is 1.14 bits per heavy atom. The summed E-state index contributed by atoms with van der Waals surface area (Å²) < 4.78 is 11.3. The number of hydrazine groups is 1. The summed E-state index contributed by atoms with van der Waals surface area (Å²) in [4.78, 5) is 24.2. The van der Waals surface area contributed by atoms with Gasteiger partial charge in [-0.05, 0) is 61.1 Å². The van der Waals surface area contributed by atoms with Gasteiger partial charge >= 0.3 is 0 Å². The van der Waals surface area contributed by atoms with Crippen molar-refractivity contribution in [1.82, 2.24) is 16.2 Å². The second kappa shape index (κ2) is 10.3. The van der Waals surface area contributed by atoms with E-state index < -0.39 is 11.8 Å². The minimum atomic E-state index is -0.488. The van der Waals surface area contributed by atoms with Crippen molar-refractivity contribution in [2.75, 3.05) is 13.7 Å². The van der Waals surface area contributed by atoms with Gasteiger partial charge in [0, 0.05) is 9.50 Å². The van der Waals surface area contributed by atoms with Gasteiger partial charge in [0.25, 0.3) is 11.8 Å². The summed E-state index contributed by atoms with van der Waals surface area (Å²) in [6.07, 6.45) is 0. The predicted octanol–water partition coefficient (Wildman–Crippen LogP) is 3.13. The van der Waals surface area contributed by atoms with Crippen molar-refractivity contribution in [1.29, 1.82) is 0 Å². The van der Waals surface area contributed by atoms with Crippen molar-refractivity contribution in [3.63, 3.8) is 0 Å². The first-order valence-corrected chi connectivity index (χ1v) is 9.50. The maximum Gasteiger partial charge on any atom is 0.276 e. The predicted molar refractivity (Wildman–Crippen MR) is 114 cm³/mol. The van der Waals surface area contributed by atoms with Gasteiger partial charge in [0.1, 0.15) is 11.5 Å². The average molecular weight is 487 g/mol. The summed E-state index contributed by atoms with van der Waals surface area (Å²) in [7, 11) is 1.46. The van der Waals surface area contributed by atoms with E-state index in [0.717, 1.165) is 5.56 Å². The van der Waals surface area contributed by atoms with E-state index in [1.54, 1.807) is 36.4 Å². The van der Waals surface area contributed by atoms with Crippen LogP contribution in [0.2, 0.25) is 5.02 Å². The second-order valence-electron chi connectivity index (χ2n) is 5.50. The Morgan fingerprint density at radius 2 is 1.86 bits per heavy atom. The molecule has 2 amide bonds. The van der Waals surface area contributed by atoms with Gasteiger partial charge < -0.3 is 9.47 Å². The first kappa shape index (κ1) is 21.9. The molecule has 28 heavy (non-hydrogen) atoms. The van der Waals surface area contributed by atoms with Crippen molar-refractivity contribution in [2.24, 2.45) is 0 Å². The number of hydrogen-bond acceptors (Lipinski definition) is 5. The molecule has 0 atom stereocenters. The molecule has 0 fully saturated rings. The summed E-state index contributed by atoms with van der Waals surface area (Å²) in [5.41, 5.74) is 5.88. The maximum atomic E-state index is 12.3. The quantitative estimate of drug-likeness (QED) is 0.444. The van der Waals surface area contributed by atoms with Crippen molar-refractivity contribution in [3.05, 3.63) is 57.0 Å². The number of amides is 2. The molecule has 7 nitrogen and oxygen atoms in total. The van der Waals surface area contributed by atoms with Crippen LogP contribution in [0.3, 0.4) is 0 Å². The maximum absolute atomic E-state index is 12.3. The number of methoxy groups -OCH3 is 1. The molecule has 3 N–H and O–H groups in total. The molecule has 2 aromatic carbocycles. The third kappa shape index (κ3) is 6.36. The number of rotatable bonds is 5. The number of ether oxygens (including phenoxy) is 2. The first-order valence-electron chi connectivity index (χ1n) is 7.93. The van der Waals surface area contributed by atoms with Crippen molar-refractivity contribution >= 4 is 56.7 Å². The SMILES string of the molecule is COc1ccc(Br)cc1C(=O)NC(=S)NNC(=O)COc1ccc(Cl)cc1C. The van der Waals surface area contributed by atoms with Gasteiger partial charge in [0.2, 0.25) is 0 Å². The van der Waals surface area contributed by atoms with E-state index in [0.29, 0.717) is 21.0 Å². The van der Waals surface area contributed by atoms with Crippen molar-refractivity contribution in [3.8, 4) is 11.5 Å². The van der Waals surface area contributed by atoms with Crippen LogP contribution < -0.4 is 25.6 Å². The van der Waals surface area contributed by atoms with E-state index in [1.807, 2.05) is 6.92 Å².